The van der Waals surface area contributed by atoms with Crippen molar-refractivity contribution in [2.75, 3.05) is 98.8 Å². The molecule has 0 aliphatic carbocycles. The number of benzene rings is 1. The molecule has 17 heteroatoms. The molecule has 0 aromatic heterocycles. The van der Waals surface area contributed by atoms with E-state index in [1.54, 1.807) is 30.3 Å². The average Bonchev–Trinajstić information content (AvgIpc) is 3.03. The summed E-state index contributed by atoms with van der Waals surface area (Å²) in [5.41, 5.74) is 6.08. The number of amides is 5. The van der Waals surface area contributed by atoms with E-state index >= 15 is 0 Å². The number of carbonyl (C=O) groups excluding carboxylic acids is 4. The van der Waals surface area contributed by atoms with Crippen LogP contribution >= 0.6 is 0 Å². The quantitative estimate of drug-likeness (QED) is 0.0488. The van der Waals surface area contributed by atoms with Gasteiger partial charge in [-0.1, -0.05) is 30.3 Å². The van der Waals surface area contributed by atoms with Gasteiger partial charge < -0.3 is 61.1 Å². The zero-order valence-corrected chi connectivity index (χ0v) is 25.4. The Hall–Kier alpha value is -3.87. The molecule has 254 valence electrons. The van der Waals surface area contributed by atoms with Crippen LogP contribution in [0.2, 0.25) is 0 Å². The third-order valence-corrected chi connectivity index (χ3v) is 5.52. The molecule has 0 saturated carbocycles. The molecular formula is C28H46N6O11. The van der Waals surface area contributed by atoms with Crippen molar-refractivity contribution in [2.24, 2.45) is 5.73 Å². The van der Waals surface area contributed by atoms with E-state index in [-0.39, 0.29) is 26.1 Å². The molecular weight excluding hydrogens is 596 g/mol. The van der Waals surface area contributed by atoms with Crippen LogP contribution < -0.4 is 32.3 Å². The lowest BCUT2D eigenvalue weighted by molar-refractivity contribution is -0.130. The van der Waals surface area contributed by atoms with Crippen molar-refractivity contribution in [1.29, 1.82) is 0 Å². The van der Waals surface area contributed by atoms with E-state index in [2.05, 4.69) is 21.3 Å². The highest BCUT2D eigenvalue weighted by atomic mass is 16.6. The van der Waals surface area contributed by atoms with Crippen molar-refractivity contribution >= 4 is 29.7 Å². The maximum absolute atomic E-state index is 12.8. The molecule has 0 aliphatic heterocycles. The van der Waals surface area contributed by atoms with Crippen LogP contribution in [-0.2, 0) is 49.3 Å². The van der Waals surface area contributed by atoms with Crippen molar-refractivity contribution < 1.29 is 52.8 Å². The van der Waals surface area contributed by atoms with Gasteiger partial charge >= 0.3 is 6.09 Å². The van der Waals surface area contributed by atoms with E-state index < -0.39 is 48.9 Å². The Kier molecular flexibility index (Phi) is 23.1. The highest BCUT2D eigenvalue weighted by molar-refractivity contribution is 5.92. The molecule has 0 aliphatic rings. The fraction of sp³-hybridized carbons (Fsp3) is 0.607. The summed E-state index contributed by atoms with van der Waals surface area (Å²) in [5, 5.41) is 20.3. The van der Waals surface area contributed by atoms with Gasteiger partial charge in [-0.15, -0.1) is 0 Å². The molecule has 1 rings (SSSR count). The summed E-state index contributed by atoms with van der Waals surface area (Å²) < 4.78 is 26.7. The van der Waals surface area contributed by atoms with Gasteiger partial charge in [0.2, 0.25) is 23.6 Å². The van der Waals surface area contributed by atoms with E-state index in [4.69, 9.17) is 34.5 Å². The van der Waals surface area contributed by atoms with Gasteiger partial charge in [-0.05, 0) is 5.56 Å². The zero-order chi connectivity index (χ0) is 33.0. The lowest BCUT2D eigenvalue weighted by Gasteiger charge is -2.19. The standard InChI is InChI=1S/C28H46N6O11/c29-6-8-41-10-12-43-14-16-45-17-15-44-13-11-42-9-7-30-24(35)19-32-27(38)23(18-22-4-2-1-3-5-22)34-26(37)21-31-25(36)20-33-28(39)40/h1-5,23,33H,6-21,29H2,(H,30,35)(H,31,36)(H,32,38)(H,34,37)(H,39,40)/t23-/m0/s1. The first-order valence-electron chi connectivity index (χ1n) is 14.5. The van der Waals surface area contributed by atoms with Crippen LogP contribution in [0.15, 0.2) is 30.3 Å². The van der Waals surface area contributed by atoms with Crippen molar-refractivity contribution in [3.63, 3.8) is 0 Å². The summed E-state index contributed by atoms with van der Waals surface area (Å²) in [4.78, 5) is 59.4. The molecule has 1 atom stereocenters. The van der Waals surface area contributed by atoms with E-state index in [9.17, 15) is 24.0 Å². The second-order valence-corrected chi connectivity index (χ2v) is 9.16. The largest absolute Gasteiger partial charge is 0.465 e. The van der Waals surface area contributed by atoms with Crippen LogP contribution in [0.3, 0.4) is 0 Å². The van der Waals surface area contributed by atoms with Crippen molar-refractivity contribution in [2.45, 2.75) is 12.5 Å². The van der Waals surface area contributed by atoms with Gasteiger partial charge in [0, 0.05) is 19.5 Å². The SMILES string of the molecule is NCCOCCOCCOCCOCCOCCNC(=O)CNC(=O)[C@H](Cc1ccccc1)NC(=O)CNC(=O)CNC(=O)O. The summed E-state index contributed by atoms with van der Waals surface area (Å²) >= 11 is 0. The topological polar surface area (TPSA) is 238 Å². The molecule has 0 heterocycles. The van der Waals surface area contributed by atoms with E-state index in [0.29, 0.717) is 66.0 Å². The highest BCUT2D eigenvalue weighted by Gasteiger charge is 2.22. The minimum absolute atomic E-state index is 0.136. The van der Waals surface area contributed by atoms with Gasteiger partial charge in [0.1, 0.15) is 6.04 Å². The van der Waals surface area contributed by atoms with Crippen molar-refractivity contribution in [3.05, 3.63) is 35.9 Å². The number of ether oxygens (including phenoxy) is 5. The lowest BCUT2D eigenvalue weighted by Crippen LogP contribution is -2.52. The van der Waals surface area contributed by atoms with Crippen molar-refractivity contribution in [1.82, 2.24) is 26.6 Å². The number of nitrogens with one attached hydrogen (secondary N) is 5. The maximum Gasteiger partial charge on any atom is 0.405 e. The second-order valence-electron chi connectivity index (χ2n) is 9.16. The Bertz CT molecular complexity index is 987. The highest BCUT2D eigenvalue weighted by Crippen LogP contribution is 2.03. The predicted octanol–water partition coefficient (Wildman–Crippen LogP) is -2.63. The number of rotatable bonds is 27. The molecule has 0 saturated heterocycles. The summed E-state index contributed by atoms with van der Waals surface area (Å²) in [7, 11) is 0. The van der Waals surface area contributed by atoms with Crippen LogP contribution in [-0.4, -0.2) is 140 Å². The van der Waals surface area contributed by atoms with Gasteiger partial charge in [-0.3, -0.25) is 19.2 Å². The smallest absolute Gasteiger partial charge is 0.405 e. The first-order chi connectivity index (χ1) is 21.8. The third kappa shape index (κ3) is 23.2. The minimum Gasteiger partial charge on any atom is -0.465 e. The molecule has 0 radical (unpaired) electrons. The fourth-order valence-corrected chi connectivity index (χ4v) is 3.38. The predicted molar refractivity (Wildman–Crippen MR) is 160 cm³/mol. The number of nitrogens with two attached hydrogens (primary N) is 1. The summed E-state index contributed by atoms with van der Waals surface area (Å²) in [6.45, 7) is 3.57. The molecule has 17 nitrogen and oxygen atoms in total. The molecule has 0 unspecified atom stereocenters. The van der Waals surface area contributed by atoms with E-state index in [1.165, 1.54) is 0 Å². The van der Waals surface area contributed by atoms with Crippen molar-refractivity contribution in [3.8, 4) is 0 Å². The van der Waals surface area contributed by atoms with Gasteiger partial charge in [0.15, 0.2) is 0 Å². The lowest BCUT2D eigenvalue weighted by atomic mass is 10.1. The summed E-state index contributed by atoms with van der Waals surface area (Å²) in [5.74, 6) is -2.43. The normalized spacial score (nSPS) is 11.3. The van der Waals surface area contributed by atoms with Gasteiger partial charge in [0.05, 0.1) is 85.7 Å². The zero-order valence-electron chi connectivity index (χ0n) is 25.4. The number of hydrogen-bond acceptors (Lipinski definition) is 11. The van der Waals surface area contributed by atoms with Crippen LogP contribution in [0, 0.1) is 0 Å². The molecule has 8 N–H and O–H groups in total. The number of carboxylic acid groups (broad SMARTS) is 1. The van der Waals surface area contributed by atoms with Crippen LogP contribution in [0.1, 0.15) is 5.56 Å². The second kappa shape index (κ2) is 26.5. The first-order valence-corrected chi connectivity index (χ1v) is 14.5. The van der Waals surface area contributed by atoms with E-state index in [0.717, 1.165) is 5.56 Å². The van der Waals surface area contributed by atoms with E-state index in [1.807, 2.05) is 5.32 Å². The molecule has 0 fully saturated rings. The molecule has 45 heavy (non-hydrogen) atoms. The summed E-state index contributed by atoms with van der Waals surface area (Å²) in [6, 6.07) is 7.88. The molecule has 0 bridgehead atoms. The minimum atomic E-state index is -1.38. The van der Waals surface area contributed by atoms with Crippen LogP contribution in [0.4, 0.5) is 4.79 Å². The van der Waals surface area contributed by atoms with Crippen LogP contribution in [0.25, 0.3) is 0 Å². The average molecular weight is 643 g/mol. The van der Waals surface area contributed by atoms with Crippen LogP contribution in [0.5, 0.6) is 0 Å². The Morgan fingerprint density at radius 3 is 1.67 bits per heavy atom. The Morgan fingerprint density at radius 1 is 0.622 bits per heavy atom. The maximum atomic E-state index is 12.8. The Labute approximate surface area is 262 Å². The molecule has 1 aromatic rings. The number of carbonyl (C=O) groups is 5. The Balaban J connectivity index is 2.19. The molecule has 0 spiro atoms. The fourth-order valence-electron chi connectivity index (χ4n) is 3.38. The van der Waals surface area contributed by atoms with Gasteiger partial charge in [-0.2, -0.15) is 0 Å². The third-order valence-electron chi connectivity index (χ3n) is 5.52. The monoisotopic (exact) mass is 642 g/mol. The summed E-state index contributed by atoms with van der Waals surface area (Å²) in [6.07, 6.45) is -1.25. The van der Waals surface area contributed by atoms with Gasteiger partial charge in [0.25, 0.3) is 0 Å². The van der Waals surface area contributed by atoms with Gasteiger partial charge in [-0.25, -0.2) is 4.79 Å². The number of hydrogen-bond donors (Lipinski definition) is 7. The molecule has 5 amide bonds. The first kappa shape index (κ1) is 39.2. The Morgan fingerprint density at radius 2 is 1.11 bits per heavy atom. The molecule has 1 aromatic carbocycles.